The fourth-order valence-electron chi connectivity index (χ4n) is 1.13. The molecule has 0 unspecified atom stereocenters. The van der Waals surface area contributed by atoms with Gasteiger partial charge in [0.1, 0.15) is 0 Å². The summed E-state index contributed by atoms with van der Waals surface area (Å²) in [6.45, 7) is 1.90. The van der Waals surface area contributed by atoms with E-state index < -0.39 is 0 Å². The molecule has 12 heavy (non-hydrogen) atoms. The first kappa shape index (κ1) is 7.83. The van der Waals surface area contributed by atoms with Crippen molar-refractivity contribution in [1.29, 1.82) is 0 Å². The summed E-state index contributed by atoms with van der Waals surface area (Å²) in [6, 6.07) is 3.66. The van der Waals surface area contributed by atoms with Gasteiger partial charge in [0.05, 0.1) is 10.2 Å². The van der Waals surface area contributed by atoms with Crippen LogP contribution in [-0.4, -0.2) is 4.98 Å². The molecule has 0 saturated carbocycles. The van der Waals surface area contributed by atoms with Gasteiger partial charge in [0.15, 0.2) is 0 Å². The molecule has 1 aromatic heterocycles. The minimum absolute atomic E-state index is 0.0321. The van der Waals surface area contributed by atoms with E-state index in [0.717, 1.165) is 15.8 Å². The van der Waals surface area contributed by atoms with Crippen LogP contribution >= 0.6 is 22.9 Å². The summed E-state index contributed by atoms with van der Waals surface area (Å²) >= 11 is 7.08. The molecule has 2 nitrogen and oxygen atoms in total. The average Bonchev–Trinajstić information content (AvgIpc) is 2.39. The number of nitrogens with one attached hydrogen (secondary N) is 1. The number of rotatable bonds is 0. The van der Waals surface area contributed by atoms with E-state index in [4.69, 9.17) is 11.6 Å². The molecule has 0 amide bonds. The summed E-state index contributed by atoms with van der Waals surface area (Å²) in [5.41, 5.74) is 1.80. The lowest BCUT2D eigenvalue weighted by atomic mass is 10.2. The van der Waals surface area contributed by atoms with Crippen molar-refractivity contribution in [2.24, 2.45) is 0 Å². The summed E-state index contributed by atoms with van der Waals surface area (Å²) in [6.07, 6.45) is 0. The topological polar surface area (TPSA) is 32.9 Å². The predicted octanol–water partition coefficient (Wildman–Crippen LogP) is 2.55. The molecule has 1 heterocycles. The zero-order valence-corrected chi connectivity index (χ0v) is 7.92. The molecule has 1 N–H and O–H groups in total. The summed E-state index contributed by atoms with van der Waals surface area (Å²) in [5.74, 6) is 0. The molecular weight excluding hydrogens is 194 g/mol. The van der Waals surface area contributed by atoms with Gasteiger partial charge in [-0.15, -0.1) is 0 Å². The standard InChI is InChI=1S/C8H6ClNOS/c1-4-5(9)2-3-6-7(4)10-8(11)12-6/h2-3H,1H3,(H,10,11). The van der Waals surface area contributed by atoms with Gasteiger partial charge in [-0.05, 0) is 24.6 Å². The number of H-pyrrole nitrogens is 1. The van der Waals surface area contributed by atoms with Crippen LogP contribution in [0.4, 0.5) is 0 Å². The fourth-order valence-corrected chi connectivity index (χ4v) is 2.08. The van der Waals surface area contributed by atoms with Crippen molar-refractivity contribution in [2.45, 2.75) is 6.92 Å². The van der Waals surface area contributed by atoms with Crippen molar-refractivity contribution >= 4 is 33.2 Å². The van der Waals surface area contributed by atoms with E-state index in [1.54, 1.807) is 0 Å². The minimum Gasteiger partial charge on any atom is -0.312 e. The second-order valence-corrected chi connectivity index (χ2v) is 3.98. The summed E-state index contributed by atoms with van der Waals surface area (Å²) < 4.78 is 0.960. The molecule has 0 aliphatic rings. The lowest BCUT2D eigenvalue weighted by Crippen LogP contribution is -1.90. The van der Waals surface area contributed by atoms with Gasteiger partial charge in [0, 0.05) is 5.02 Å². The van der Waals surface area contributed by atoms with Crippen LogP contribution in [0.2, 0.25) is 5.02 Å². The van der Waals surface area contributed by atoms with Gasteiger partial charge in [-0.25, -0.2) is 0 Å². The first-order valence-electron chi connectivity index (χ1n) is 3.46. The molecule has 2 rings (SSSR count). The molecule has 1 aromatic carbocycles. The number of aromatic nitrogens is 1. The smallest absolute Gasteiger partial charge is 0.305 e. The first-order chi connectivity index (χ1) is 5.68. The van der Waals surface area contributed by atoms with Crippen LogP contribution in [0.1, 0.15) is 5.56 Å². The molecule has 0 atom stereocenters. The molecular formula is C8H6ClNOS. The highest BCUT2D eigenvalue weighted by atomic mass is 35.5. The van der Waals surface area contributed by atoms with E-state index in [2.05, 4.69) is 4.98 Å². The Kier molecular flexibility index (Phi) is 1.70. The third kappa shape index (κ3) is 1.06. The van der Waals surface area contributed by atoms with Gasteiger partial charge < -0.3 is 4.98 Å². The Balaban J connectivity index is 2.99. The van der Waals surface area contributed by atoms with Gasteiger partial charge in [0.25, 0.3) is 0 Å². The maximum Gasteiger partial charge on any atom is 0.305 e. The number of aromatic amines is 1. The zero-order valence-electron chi connectivity index (χ0n) is 6.35. The van der Waals surface area contributed by atoms with Gasteiger partial charge in [0.2, 0.25) is 0 Å². The van der Waals surface area contributed by atoms with E-state index in [1.807, 2.05) is 19.1 Å². The van der Waals surface area contributed by atoms with Crippen molar-refractivity contribution < 1.29 is 0 Å². The second-order valence-electron chi connectivity index (χ2n) is 2.56. The van der Waals surface area contributed by atoms with E-state index in [1.165, 1.54) is 11.3 Å². The summed E-state index contributed by atoms with van der Waals surface area (Å²) in [7, 11) is 0. The highest BCUT2D eigenvalue weighted by molar-refractivity contribution is 7.16. The van der Waals surface area contributed by atoms with Gasteiger partial charge in [-0.2, -0.15) is 0 Å². The number of thiazole rings is 1. The van der Waals surface area contributed by atoms with Crippen LogP contribution in [0.15, 0.2) is 16.9 Å². The molecule has 0 aliphatic heterocycles. The third-order valence-electron chi connectivity index (χ3n) is 1.79. The highest BCUT2D eigenvalue weighted by Crippen LogP contribution is 2.24. The van der Waals surface area contributed by atoms with Crippen LogP contribution in [0.3, 0.4) is 0 Å². The Morgan fingerprint density at radius 1 is 1.50 bits per heavy atom. The van der Waals surface area contributed by atoms with Crippen LogP contribution < -0.4 is 4.87 Å². The van der Waals surface area contributed by atoms with Gasteiger partial charge >= 0.3 is 4.87 Å². The van der Waals surface area contributed by atoms with Crippen LogP contribution in [0, 0.1) is 6.92 Å². The van der Waals surface area contributed by atoms with E-state index in [-0.39, 0.29) is 4.87 Å². The fraction of sp³-hybridized carbons (Fsp3) is 0.125. The maximum atomic E-state index is 11.0. The summed E-state index contributed by atoms with van der Waals surface area (Å²) in [5, 5.41) is 0.691. The Morgan fingerprint density at radius 2 is 2.25 bits per heavy atom. The lowest BCUT2D eigenvalue weighted by molar-refractivity contribution is 1.37. The average molecular weight is 200 g/mol. The quantitative estimate of drug-likeness (QED) is 0.695. The van der Waals surface area contributed by atoms with E-state index in [9.17, 15) is 4.79 Å². The highest BCUT2D eigenvalue weighted by Gasteiger charge is 2.04. The molecule has 62 valence electrons. The predicted molar refractivity (Wildman–Crippen MR) is 52.2 cm³/mol. The molecule has 0 spiro atoms. The molecule has 0 aliphatic carbocycles. The largest absolute Gasteiger partial charge is 0.312 e. The molecule has 2 aromatic rings. The lowest BCUT2D eigenvalue weighted by Gasteiger charge is -1.96. The number of hydrogen-bond acceptors (Lipinski definition) is 2. The number of benzene rings is 1. The number of aryl methyl sites for hydroxylation is 1. The van der Waals surface area contributed by atoms with Crippen LogP contribution in [0.25, 0.3) is 10.2 Å². The van der Waals surface area contributed by atoms with Gasteiger partial charge in [-0.3, -0.25) is 4.79 Å². The van der Waals surface area contributed by atoms with E-state index in [0.29, 0.717) is 5.02 Å². The SMILES string of the molecule is Cc1c(Cl)ccc2sc(=O)[nH]c12. The van der Waals surface area contributed by atoms with Crippen molar-refractivity contribution in [3.05, 3.63) is 32.4 Å². The second kappa shape index (κ2) is 2.61. The number of fused-ring (bicyclic) bond motifs is 1. The number of halogens is 1. The monoisotopic (exact) mass is 199 g/mol. The summed E-state index contributed by atoms with van der Waals surface area (Å²) in [4.78, 5) is 13.7. The Hall–Kier alpha value is -0.800. The Morgan fingerprint density at radius 3 is 3.00 bits per heavy atom. The van der Waals surface area contributed by atoms with E-state index >= 15 is 0 Å². The molecule has 0 saturated heterocycles. The van der Waals surface area contributed by atoms with Crippen molar-refractivity contribution in [3.8, 4) is 0 Å². The van der Waals surface area contributed by atoms with Crippen molar-refractivity contribution in [3.63, 3.8) is 0 Å². The minimum atomic E-state index is -0.0321. The normalized spacial score (nSPS) is 10.8. The third-order valence-corrected chi connectivity index (χ3v) is 3.05. The molecule has 4 heteroatoms. The first-order valence-corrected chi connectivity index (χ1v) is 4.66. The molecule has 0 radical (unpaired) electrons. The molecule has 0 fully saturated rings. The Bertz CT molecular complexity index is 485. The van der Waals surface area contributed by atoms with Crippen molar-refractivity contribution in [1.82, 2.24) is 4.98 Å². The zero-order chi connectivity index (χ0) is 8.72. The Labute approximate surface area is 77.8 Å². The van der Waals surface area contributed by atoms with Gasteiger partial charge in [-0.1, -0.05) is 22.9 Å². The van der Waals surface area contributed by atoms with Crippen molar-refractivity contribution in [2.75, 3.05) is 0 Å². The van der Waals surface area contributed by atoms with Crippen LogP contribution in [-0.2, 0) is 0 Å². The number of hydrogen-bond donors (Lipinski definition) is 1. The maximum absolute atomic E-state index is 11.0. The van der Waals surface area contributed by atoms with Crippen LogP contribution in [0.5, 0.6) is 0 Å². The molecule has 0 bridgehead atoms.